The van der Waals surface area contributed by atoms with Gasteiger partial charge in [0, 0.05) is 9.50 Å². The minimum atomic E-state index is -0.940. The second kappa shape index (κ2) is 6.86. The van der Waals surface area contributed by atoms with Gasteiger partial charge in [0.05, 0.1) is 6.04 Å². The number of hydrogen-bond donors (Lipinski definition) is 1. The van der Waals surface area contributed by atoms with Crippen molar-refractivity contribution in [1.82, 2.24) is 5.32 Å². The summed E-state index contributed by atoms with van der Waals surface area (Å²) in [7, 11) is 0. The molecule has 112 valence electrons. The lowest BCUT2D eigenvalue weighted by Gasteiger charge is -2.22. The molecule has 0 fully saturated rings. The van der Waals surface area contributed by atoms with Gasteiger partial charge in [-0.2, -0.15) is 0 Å². The Bertz CT molecular complexity index is 661. The maximum Gasteiger partial charge on any atom is 0.160 e. The second-order valence-corrected chi connectivity index (χ2v) is 6.10. The maximum atomic E-state index is 13.6. The van der Waals surface area contributed by atoms with Crippen LogP contribution < -0.4 is 5.32 Å². The molecular weight excluding hydrogens is 360 g/mol. The Morgan fingerprint density at radius 2 is 1.81 bits per heavy atom. The minimum absolute atomic E-state index is 0.208. The van der Waals surface area contributed by atoms with Crippen molar-refractivity contribution in [1.29, 1.82) is 0 Å². The van der Waals surface area contributed by atoms with Gasteiger partial charge in [0.1, 0.15) is 0 Å². The van der Waals surface area contributed by atoms with Crippen LogP contribution in [0.15, 0.2) is 34.8 Å². The van der Waals surface area contributed by atoms with Crippen LogP contribution >= 0.6 is 27.5 Å². The number of nitrogens with one attached hydrogen (secondary N) is 1. The first-order valence-corrected chi connectivity index (χ1v) is 7.75. The van der Waals surface area contributed by atoms with Crippen LogP contribution in [0.2, 0.25) is 5.02 Å². The van der Waals surface area contributed by atoms with E-state index in [1.807, 2.05) is 32.0 Å². The largest absolute Gasteiger partial charge is 0.306 e. The molecule has 2 aromatic rings. The van der Waals surface area contributed by atoms with E-state index >= 15 is 0 Å². The van der Waals surface area contributed by atoms with Crippen LogP contribution in [0.4, 0.5) is 8.78 Å². The van der Waals surface area contributed by atoms with Gasteiger partial charge in [0.25, 0.3) is 0 Å². The molecular formula is C16H15BrClF2N. The molecule has 5 heteroatoms. The van der Waals surface area contributed by atoms with Gasteiger partial charge in [-0.15, -0.1) is 0 Å². The predicted molar refractivity (Wildman–Crippen MR) is 85.8 cm³/mol. The predicted octanol–water partition coefficient (Wildman–Crippen LogP) is 5.39. The Hall–Kier alpha value is -0.970. The molecule has 0 spiro atoms. The lowest BCUT2D eigenvalue weighted by Crippen LogP contribution is -2.23. The zero-order valence-corrected chi connectivity index (χ0v) is 14.0. The number of hydrogen-bond acceptors (Lipinski definition) is 1. The van der Waals surface area contributed by atoms with Crippen molar-refractivity contribution in [3.8, 4) is 0 Å². The SMILES string of the molecule is CCNC(c1cc(Br)ccc1C)c1cc(F)c(F)cc1Cl. The van der Waals surface area contributed by atoms with Gasteiger partial charge in [-0.05, 0) is 54.4 Å². The molecule has 0 saturated heterocycles. The van der Waals surface area contributed by atoms with E-state index in [2.05, 4.69) is 21.2 Å². The third kappa shape index (κ3) is 3.62. The highest BCUT2D eigenvalue weighted by Crippen LogP contribution is 2.33. The minimum Gasteiger partial charge on any atom is -0.306 e. The summed E-state index contributed by atoms with van der Waals surface area (Å²) < 4.78 is 27.8. The molecule has 1 nitrogen and oxygen atoms in total. The smallest absolute Gasteiger partial charge is 0.160 e. The van der Waals surface area contributed by atoms with Crippen molar-refractivity contribution in [2.75, 3.05) is 6.54 Å². The number of benzene rings is 2. The van der Waals surface area contributed by atoms with Gasteiger partial charge in [-0.25, -0.2) is 8.78 Å². The molecule has 0 aliphatic rings. The van der Waals surface area contributed by atoms with Crippen molar-refractivity contribution in [3.63, 3.8) is 0 Å². The van der Waals surface area contributed by atoms with Crippen LogP contribution in [0.25, 0.3) is 0 Å². The summed E-state index contributed by atoms with van der Waals surface area (Å²) >= 11 is 9.55. The van der Waals surface area contributed by atoms with Crippen LogP contribution in [0, 0.1) is 18.6 Å². The molecule has 2 aromatic carbocycles. The highest BCUT2D eigenvalue weighted by Gasteiger charge is 2.20. The topological polar surface area (TPSA) is 12.0 Å². The average Bonchev–Trinajstić information content (AvgIpc) is 2.43. The third-order valence-electron chi connectivity index (χ3n) is 3.31. The highest BCUT2D eigenvalue weighted by atomic mass is 79.9. The van der Waals surface area contributed by atoms with Gasteiger partial charge in [0.2, 0.25) is 0 Å². The Morgan fingerprint density at radius 3 is 2.48 bits per heavy atom. The number of aryl methyl sites for hydroxylation is 1. The number of rotatable bonds is 4. The number of halogens is 4. The van der Waals surface area contributed by atoms with E-state index in [1.165, 1.54) is 0 Å². The average molecular weight is 375 g/mol. The molecule has 1 N–H and O–H groups in total. The van der Waals surface area contributed by atoms with Gasteiger partial charge >= 0.3 is 0 Å². The van der Waals surface area contributed by atoms with E-state index < -0.39 is 11.6 Å². The molecule has 21 heavy (non-hydrogen) atoms. The van der Waals surface area contributed by atoms with E-state index in [-0.39, 0.29) is 11.1 Å². The lowest BCUT2D eigenvalue weighted by molar-refractivity contribution is 0.504. The van der Waals surface area contributed by atoms with Gasteiger partial charge < -0.3 is 5.32 Å². The quantitative estimate of drug-likeness (QED) is 0.708. The first-order valence-electron chi connectivity index (χ1n) is 6.58. The molecule has 0 bridgehead atoms. The molecule has 0 heterocycles. The second-order valence-electron chi connectivity index (χ2n) is 4.78. The van der Waals surface area contributed by atoms with Gasteiger partial charge in [-0.3, -0.25) is 0 Å². The van der Waals surface area contributed by atoms with E-state index in [4.69, 9.17) is 11.6 Å². The van der Waals surface area contributed by atoms with E-state index in [0.717, 1.165) is 27.7 Å². The fourth-order valence-corrected chi connectivity index (χ4v) is 2.91. The van der Waals surface area contributed by atoms with E-state index in [9.17, 15) is 8.78 Å². The summed E-state index contributed by atoms with van der Waals surface area (Å²) in [5.41, 5.74) is 2.54. The zero-order chi connectivity index (χ0) is 15.6. The third-order valence-corrected chi connectivity index (χ3v) is 4.13. The van der Waals surface area contributed by atoms with Gasteiger partial charge in [0.15, 0.2) is 11.6 Å². The molecule has 2 rings (SSSR count). The molecule has 0 saturated carbocycles. The van der Waals surface area contributed by atoms with Crippen LogP contribution in [0.5, 0.6) is 0 Å². The van der Waals surface area contributed by atoms with Crippen LogP contribution in [0.1, 0.15) is 29.7 Å². The highest BCUT2D eigenvalue weighted by molar-refractivity contribution is 9.10. The first kappa shape index (κ1) is 16.4. The summed E-state index contributed by atoms with van der Waals surface area (Å²) in [4.78, 5) is 0. The van der Waals surface area contributed by atoms with E-state index in [0.29, 0.717) is 12.1 Å². The maximum absolute atomic E-state index is 13.6. The Balaban J connectivity index is 2.58. The van der Waals surface area contributed by atoms with Crippen molar-refractivity contribution in [3.05, 3.63) is 68.2 Å². The molecule has 0 radical (unpaired) electrons. The van der Waals surface area contributed by atoms with Crippen LogP contribution in [-0.2, 0) is 0 Å². The molecule has 0 amide bonds. The summed E-state index contributed by atoms with van der Waals surface area (Å²) in [6.07, 6.45) is 0. The molecule has 0 aliphatic carbocycles. The van der Waals surface area contributed by atoms with E-state index in [1.54, 1.807) is 0 Å². The molecule has 1 atom stereocenters. The monoisotopic (exact) mass is 373 g/mol. The fourth-order valence-electron chi connectivity index (χ4n) is 2.27. The molecule has 1 unspecified atom stereocenters. The van der Waals surface area contributed by atoms with Gasteiger partial charge in [-0.1, -0.05) is 40.5 Å². The lowest BCUT2D eigenvalue weighted by atomic mass is 9.94. The fraction of sp³-hybridized carbons (Fsp3) is 0.250. The molecule has 0 aliphatic heterocycles. The summed E-state index contributed by atoms with van der Waals surface area (Å²) in [6.45, 7) is 4.60. The normalized spacial score (nSPS) is 12.5. The summed E-state index contributed by atoms with van der Waals surface area (Å²) in [5.74, 6) is -1.84. The summed E-state index contributed by atoms with van der Waals surface area (Å²) in [5, 5.41) is 3.48. The van der Waals surface area contributed by atoms with Crippen molar-refractivity contribution in [2.45, 2.75) is 19.9 Å². The van der Waals surface area contributed by atoms with Crippen LogP contribution in [-0.4, -0.2) is 6.54 Å². The zero-order valence-electron chi connectivity index (χ0n) is 11.7. The Morgan fingerprint density at radius 1 is 1.14 bits per heavy atom. The van der Waals surface area contributed by atoms with Crippen molar-refractivity contribution in [2.24, 2.45) is 0 Å². The Kier molecular flexibility index (Phi) is 5.36. The van der Waals surface area contributed by atoms with Crippen molar-refractivity contribution < 1.29 is 8.78 Å². The molecule has 0 aromatic heterocycles. The van der Waals surface area contributed by atoms with Crippen molar-refractivity contribution >= 4 is 27.5 Å². The first-order chi connectivity index (χ1) is 9.93. The van der Waals surface area contributed by atoms with Crippen LogP contribution in [0.3, 0.4) is 0 Å². The Labute approximate surface area is 136 Å². The summed E-state index contributed by atoms with van der Waals surface area (Å²) in [6, 6.07) is 7.75. The standard InChI is InChI=1S/C16H15BrClF2N/c1-3-21-16(11-6-10(17)5-4-9(11)2)12-7-14(19)15(20)8-13(12)18/h4-8,16,21H,3H2,1-2H3.